The molecule has 0 spiro atoms. The molecule has 3 aromatic carbocycles. The lowest BCUT2D eigenvalue weighted by atomic mass is 10.1. The highest BCUT2D eigenvalue weighted by atomic mass is 19.4. The Morgan fingerprint density at radius 3 is 2.28 bits per heavy atom. The van der Waals surface area contributed by atoms with Gasteiger partial charge < -0.3 is 19.9 Å². The molecule has 0 amide bonds. The van der Waals surface area contributed by atoms with Gasteiger partial charge in [-0.15, -0.1) is 5.10 Å². The molecule has 7 nitrogen and oxygen atoms in total. The van der Waals surface area contributed by atoms with Crippen LogP contribution in [0.15, 0.2) is 78.9 Å². The first-order valence-corrected chi connectivity index (χ1v) is 11.3. The van der Waals surface area contributed by atoms with Crippen molar-refractivity contribution >= 4 is 5.69 Å². The highest BCUT2D eigenvalue weighted by molar-refractivity contribution is 5.60. The van der Waals surface area contributed by atoms with E-state index in [-0.39, 0.29) is 19.2 Å². The summed E-state index contributed by atoms with van der Waals surface area (Å²) in [5.41, 5.74) is 1.12. The van der Waals surface area contributed by atoms with Crippen LogP contribution < -0.4 is 14.8 Å². The molecule has 0 radical (unpaired) electrons. The second-order valence-corrected chi connectivity index (χ2v) is 7.84. The molecule has 0 aliphatic rings. The average Bonchev–Trinajstić information content (AvgIpc) is 3.31. The molecule has 0 saturated heterocycles. The molecule has 0 unspecified atom stereocenters. The number of anilines is 1. The average molecular weight is 499 g/mol. The predicted octanol–water partition coefficient (Wildman–Crippen LogP) is 5.20. The number of aromatic nitrogens is 3. The molecule has 2 N–H and O–H groups in total. The topological polar surface area (TPSA) is 81.4 Å². The number of rotatable bonds is 10. The van der Waals surface area contributed by atoms with Crippen molar-refractivity contribution in [3.63, 3.8) is 0 Å². The zero-order chi connectivity index (χ0) is 25.5. The van der Waals surface area contributed by atoms with E-state index < -0.39 is 17.8 Å². The van der Waals surface area contributed by atoms with E-state index in [4.69, 9.17) is 9.47 Å². The maximum Gasteiger partial charge on any atom is 0.416 e. The molecule has 4 aromatic rings. The second kappa shape index (κ2) is 11.1. The maximum absolute atomic E-state index is 13.0. The molecule has 1 atom stereocenters. The van der Waals surface area contributed by atoms with Gasteiger partial charge in [-0.25, -0.2) is 4.68 Å². The molecule has 10 heteroatoms. The van der Waals surface area contributed by atoms with Gasteiger partial charge in [0, 0.05) is 17.8 Å². The molecule has 1 aromatic heterocycles. The minimum Gasteiger partial charge on any atom is -0.491 e. The van der Waals surface area contributed by atoms with Crippen LogP contribution in [0.3, 0.4) is 0 Å². The summed E-state index contributed by atoms with van der Waals surface area (Å²) in [4.78, 5) is 4.35. The van der Waals surface area contributed by atoms with E-state index in [9.17, 15) is 18.3 Å². The molecule has 0 fully saturated rings. The zero-order valence-corrected chi connectivity index (χ0v) is 19.4. The third kappa shape index (κ3) is 6.33. The molecule has 1 heterocycles. The van der Waals surface area contributed by atoms with Crippen LogP contribution in [0.5, 0.6) is 11.8 Å². The van der Waals surface area contributed by atoms with Gasteiger partial charge in [0.15, 0.2) is 5.82 Å². The Balaban J connectivity index is 1.45. The van der Waals surface area contributed by atoms with Crippen LogP contribution in [0.25, 0.3) is 17.1 Å². The molecule has 0 bridgehead atoms. The van der Waals surface area contributed by atoms with Crippen LogP contribution >= 0.6 is 0 Å². The number of para-hydroxylation sites is 1. The van der Waals surface area contributed by atoms with Gasteiger partial charge in [0.1, 0.15) is 18.5 Å². The smallest absolute Gasteiger partial charge is 0.416 e. The van der Waals surface area contributed by atoms with Crippen LogP contribution in [0.4, 0.5) is 18.9 Å². The number of hydrogen-bond acceptors (Lipinski definition) is 6. The predicted molar refractivity (Wildman–Crippen MR) is 129 cm³/mol. The lowest BCUT2D eigenvalue weighted by Crippen LogP contribution is -2.26. The number of benzene rings is 3. The summed E-state index contributed by atoms with van der Waals surface area (Å²) in [5, 5.41) is 17.7. The van der Waals surface area contributed by atoms with E-state index in [0.29, 0.717) is 29.4 Å². The number of nitrogens with zero attached hydrogens (tertiary/aromatic N) is 3. The SMILES string of the molecule is CCOc1nc(-c2ccc(C(F)(F)F)cc2)n(-c2ccc(NC[C@@H](O)COc3ccccc3)cc2)n1. The maximum atomic E-state index is 13.0. The fraction of sp³-hybridized carbons (Fsp3) is 0.231. The summed E-state index contributed by atoms with van der Waals surface area (Å²) in [5.74, 6) is 1.03. The molecule has 188 valence electrons. The monoisotopic (exact) mass is 498 g/mol. The Morgan fingerprint density at radius 2 is 1.64 bits per heavy atom. The van der Waals surface area contributed by atoms with Crippen molar-refractivity contribution in [2.24, 2.45) is 0 Å². The van der Waals surface area contributed by atoms with Crippen LogP contribution in [0, 0.1) is 0 Å². The van der Waals surface area contributed by atoms with Gasteiger partial charge >= 0.3 is 12.2 Å². The fourth-order valence-electron chi connectivity index (χ4n) is 3.38. The molecular formula is C26H25F3N4O3. The van der Waals surface area contributed by atoms with E-state index in [2.05, 4.69) is 15.4 Å². The lowest BCUT2D eigenvalue weighted by Gasteiger charge is -2.14. The summed E-state index contributed by atoms with van der Waals surface area (Å²) in [6, 6.07) is 21.3. The quantitative estimate of drug-likeness (QED) is 0.313. The van der Waals surface area contributed by atoms with Gasteiger partial charge in [-0.1, -0.05) is 30.3 Å². The van der Waals surface area contributed by atoms with Crippen molar-refractivity contribution in [2.45, 2.75) is 19.2 Å². The number of aliphatic hydroxyl groups excluding tert-OH is 1. The van der Waals surface area contributed by atoms with E-state index in [0.717, 1.165) is 17.8 Å². The van der Waals surface area contributed by atoms with Gasteiger partial charge in [-0.3, -0.25) is 0 Å². The van der Waals surface area contributed by atoms with Gasteiger partial charge in [0.05, 0.1) is 17.9 Å². The van der Waals surface area contributed by atoms with Crippen LogP contribution in [-0.4, -0.2) is 45.7 Å². The largest absolute Gasteiger partial charge is 0.491 e. The van der Waals surface area contributed by atoms with Gasteiger partial charge in [-0.05, 0) is 55.5 Å². The Bertz CT molecular complexity index is 1240. The summed E-state index contributed by atoms with van der Waals surface area (Å²) in [6.45, 7) is 2.56. The highest BCUT2D eigenvalue weighted by Gasteiger charge is 2.30. The summed E-state index contributed by atoms with van der Waals surface area (Å²) >= 11 is 0. The van der Waals surface area contributed by atoms with E-state index in [1.54, 1.807) is 31.2 Å². The van der Waals surface area contributed by atoms with E-state index in [1.165, 1.54) is 16.8 Å². The summed E-state index contributed by atoms with van der Waals surface area (Å²) in [7, 11) is 0. The Hall–Kier alpha value is -4.05. The zero-order valence-electron chi connectivity index (χ0n) is 19.4. The summed E-state index contributed by atoms with van der Waals surface area (Å²) in [6.07, 6.45) is -5.15. The van der Waals surface area contributed by atoms with Gasteiger partial charge in [0.25, 0.3) is 0 Å². The number of ether oxygens (including phenoxy) is 2. The Labute approximate surface area is 206 Å². The highest BCUT2D eigenvalue weighted by Crippen LogP contribution is 2.31. The first-order valence-electron chi connectivity index (χ1n) is 11.3. The van der Waals surface area contributed by atoms with Crippen LogP contribution in [0.1, 0.15) is 12.5 Å². The van der Waals surface area contributed by atoms with Crippen molar-refractivity contribution in [3.05, 3.63) is 84.4 Å². The Morgan fingerprint density at radius 1 is 0.944 bits per heavy atom. The Kier molecular flexibility index (Phi) is 7.74. The minimum atomic E-state index is -4.42. The van der Waals surface area contributed by atoms with E-state index >= 15 is 0 Å². The summed E-state index contributed by atoms with van der Waals surface area (Å²) < 4.78 is 51.4. The van der Waals surface area contributed by atoms with Crippen molar-refractivity contribution in [2.75, 3.05) is 25.1 Å². The van der Waals surface area contributed by atoms with Crippen molar-refractivity contribution < 1.29 is 27.8 Å². The van der Waals surface area contributed by atoms with Crippen molar-refractivity contribution in [1.82, 2.24) is 14.8 Å². The van der Waals surface area contributed by atoms with E-state index in [1.807, 2.05) is 30.3 Å². The van der Waals surface area contributed by atoms with Gasteiger partial charge in [-0.2, -0.15) is 18.2 Å². The molecule has 0 saturated carbocycles. The fourth-order valence-corrected chi connectivity index (χ4v) is 3.38. The van der Waals surface area contributed by atoms with Crippen LogP contribution in [0.2, 0.25) is 0 Å². The molecule has 4 rings (SSSR count). The normalized spacial score (nSPS) is 12.2. The number of aliphatic hydroxyl groups is 1. The first-order chi connectivity index (χ1) is 17.3. The number of hydrogen-bond donors (Lipinski definition) is 2. The minimum absolute atomic E-state index is 0.121. The molecule has 0 aliphatic carbocycles. The van der Waals surface area contributed by atoms with Gasteiger partial charge in [0.2, 0.25) is 0 Å². The molecular weight excluding hydrogens is 473 g/mol. The van der Waals surface area contributed by atoms with Crippen molar-refractivity contribution in [1.29, 1.82) is 0 Å². The van der Waals surface area contributed by atoms with Crippen molar-refractivity contribution in [3.8, 4) is 28.8 Å². The second-order valence-electron chi connectivity index (χ2n) is 7.84. The van der Waals surface area contributed by atoms with Crippen LogP contribution in [-0.2, 0) is 6.18 Å². The number of nitrogens with one attached hydrogen (secondary N) is 1. The lowest BCUT2D eigenvalue weighted by molar-refractivity contribution is -0.137. The number of alkyl halides is 3. The third-order valence-corrected chi connectivity index (χ3v) is 5.17. The standard InChI is InChI=1S/C26H25F3N4O3/c1-2-35-25-31-24(18-8-10-19(11-9-18)26(27,28)29)33(32-25)21-14-12-20(13-15-21)30-16-22(34)17-36-23-6-4-3-5-7-23/h3-15,22,30,34H,2,16-17H2,1H3/t22-/m1/s1. The number of halogens is 3. The third-order valence-electron chi connectivity index (χ3n) is 5.17. The first kappa shape index (κ1) is 25.1. The molecule has 0 aliphatic heterocycles. The molecule has 36 heavy (non-hydrogen) atoms.